The van der Waals surface area contributed by atoms with Gasteiger partial charge in [0.05, 0.1) is 13.3 Å². The van der Waals surface area contributed by atoms with Crippen LogP contribution in [0.2, 0.25) is 0 Å². The van der Waals surface area contributed by atoms with E-state index in [2.05, 4.69) is 4.98 Å². The molecule has 1 aromatic carbocycles. The number of alkyl halides is 5. The maximum absolute atomic E-state index is 13.6. The topological polar surface area (TPSA) is 44.1 Å². The van der Waals surface area contributed by atoms with Crippen molar-refractivity contribution in [3.8, 4) is 11.4 Å². The number of nitrogens with zero attached hydrogens (tertiary/aromatic N) is 2. The van der Waals surface area contributed by atoms with Crippen molar-refractivity contribution in [1.82, 2.24) is 9.55 Å². The summed E-state index contributed by atoms with van der Waals surface area (Å²) in [5.74, 6) is -6.40. The molecule has 2 rings (SSSR count). The molecule has 0 spiro atoms. The lowest BCUT2D eigenvalue weighted by Gasteiger charge is -2.20. The molecule has 0 saturated carbocycles. The first-order valence-electron chi connectivity index (χ1n) is 5.84. The molecule has 118 valence electrons. The van der Waals surface area contributed by atoms with E-state index in [1.54, 1.807) is 0 Å². The molecule has 0 aliphatic rings. The molecule has 9 heteroatoms. The monoisotopic (exact) mass is 320 g/mol. The standard InChI is InChI=1S/C13H9F5N2O2/c1-22-10-4-2-8(3-5-10)20-9(7-21)6-19-11(20)12(14,15)13(16,17)18/h2-7H,1H3. The average Bonchev–Trinajstić information content (AvgIpc) is 2.90. The molecule has 2 aromatic rings. The van der Waals surface area contributed by atoms with Crippen molar-refractivity contribution in [3.63, 3.8) is 0 Å². The Morgan fingerprint density at radius 1 is 1.14 bits per heavy atom. The summed E-state index contributed by atoms with van der Waals surface area (Å²) in [6.45, 7) is 0. The largest absolute Gasteiger partial charge is 0.497 e. The van der Waals surface area contributed by atoms with Crippen molar-refractivity contribution in [3.05, 3.63) is 42.0 Å². The van der Waals surface area contributed by atoms with Crippen LogP contribution in [0.5, 0.6) is 5.75 Å². The van der Waals surface area contributed by atoms with Crippen LogP contribution in [-0.2, 0) is 5.92 Å². The highest BCUT2D eigenvalue weighted by Gasteiger charge is 2.62. The van der Waals surface area contributed by atoms with Gasteiger partial charge in [0.2, 0.25) is 0 Å². The smallest absolute Gasteiger partial charge is 0.461 e. The van der Waals surface area contributed by atoms with Gasteiger partial charge in [-0.25, -0.2) is 4.98 Å². The van der Waals surface area contributed by atoms with Crippen LogP contribution in [0.4, 0.5) is 22.0 Å². The molecular weight excluding hydrogens is 311 g/mol. The molecule has 0 saturated heterocycles. The van der Waals surface area contributed by atoms with E-state index in [1.165, 1.54) is 31.4 Å². The predicted molar refractivity (Wildman–Crippen MR) is 65.5 cm³/mol. The maximum atomic E-state index is 13.6. The summed E-state index contributed by atoms with van der Waals surface area (Å²) in [4.78, 5) is 14.0. The summed E-state index contributed by atoms with van der Waals surface area (Å²) in [7, 11) is 1.37. The summed E-state index contributed by atoms with van der Waals surface area (Å²) in [6, 6.07) is 5.20. The van der Waals surface area contributed by atoms with Gasteiger partial charge in [-0.05, 0) is 24.3 Å². The number of methoxy groups -OCH3 is 1. The number of aldehydes is 1. The molecule has 0 unspecified atom stereocenters. The number of rotatable bonds is 4. The van der Waals surface area contributed by atoms with E-state index < -0.39 is 23.6 Å². The molecule has 22 heavy (non-hydrogen) atoms. The number of carbonyl (C=O) groups is 1. The molecule has 1 aromatic heterocycles. The van der Waals surface area contributed by atoms with Gasteiger partial charge in [0, 0.05) is 5.69 Å². The molecule has 1 heterocycles. The van der Waals surface area contributed by atoms with E-state index in [9.17, 15) is 26.7 Å². The van der Waals surface area contributed by atoms with E-state index in [1.807, 2.05) is 0 Å². The molecule has 0 atom stereocenters. The summed E-state index contributed by atoms with van der Waals surface area (Å²) >= 11 is 0. The number of hydrogen-bond acceptors (Lipinski definition) is 3. The van der Waals surface area contributed by atoms with Gasteiger partial charge < -0.3 is 4.74 Å². The first-order chi connectivity index (χ1) is 10.2. The Morgan fingerprint density at radius 2 is 1.73 bits per heavy atom. The summed E-state index contributed by atoms with van der Waals surface area (Å²) in [5.41, 5.74) is -0.497. The normalized spacial score (nSPS) is 12.3. The Morgan fingerprint density at radius 3 is 2.18 bits per heavy atom. The number of hydrogen-bond donors (Lipinski definition) is 0. The first-order valence-corrected chi connectivity index (χ1v) is 5.84. The SMILES string of the molecule is COc1ccc(-n2c(C=O)cnc2C(F)(F)C(F)(F)F)cc1. The lowest BCUT2D eigenvalue weighted by atomic mass is 10.2. The van der Waals surface area contributed by atoms with Crippen LogP contribution >= 0.6 is 0 Å². The average molecular weight is 320 g/mol. The number of aromatic nitrogens is 2. The third-order valence-electron chi connectivity index (χ3n) is 2.88. The second kappa shape index (κ2) is 5.39. The van der Waals surface area contributed by atoms with E-state index in [0.29, 0.717) is 16.5 Å². The molecule has 4 nitrogen and oxygen atoms in total. The Labute approximate surface area is 121 Å². The summed E-state index contributed by atoms with van der Waals surface area (Å²) < 4.78 is 70.0. The van der Waals surface area contributed by atoms with Crippen LogP contribution in [0.15, 0.2) is 30.5 Å². The zero-order valence-corrected chi connectivity index (χ0v) is 11.1. The minimum Gasteiger partial charge on any atom is -0.497 e. The van der Waals surface area contributed by atoms with Crippen molar-refractivity contribution in [2.75, 3.05) is 7.11 Å². The van der Waals surface area contributed by atoms with E-state index in [0.717, 1.165) is 0 Å². The highest BCUT2D eigenvalue weighted by Crippen LogP contribution is 2.44. The molecule has 0 aliphatic carbocycles. The Hall–Kier alpha value is -2.45. The van der Waals surface area contributed by atoms with Gasteiger partial charge in [-0.1, -0.05) is 0 Å². The molecule has 0 aliphatic heterocycles. The minimum absolute atomic E-state index is 0.0701. The molecule has 0 N–H and O–H groups in total. The van der Waals surface area contributed by atoms with Crippen LogP contribution in [0, 0.1) is 0 Å². The van der Waals surface area contributed by atoms with Crippen LogP contribution in [0.3, 0.4) is 0 Å². The van der Waals surface area contributed by atoms with Crippen LogP contribution < -0.4 is 4.74 Å². The van der Waals surface area contributed by atoms with Crippen molar-refractivity contribution in [1.29, 1.82) is 0 Å². The number of imidazole rings is 1. The Kier molecular flexibility index (Phi) is 3.90. The van der Waals surface area contributed by atoms with Gasteiger partial charge in [0.15, 0.2) is 12.1 Å². The van der Waals surface area contributed by atoms with Gasteiger partial charge in [-0.15, -0.1) is 0 Å². The van der Waals surface area contributed by atoms with Gasteiger partial charge >= 0.3 is 12.1 Å². The van der Waals surface area contributed by atoms with E-state index in [-0.39, 0.29) is 12.0 Å². The van der Waals surface area contributed by atoms with E-state index in [4.69, 9.17) is 4.74 Å². The lowest BCUT2D eigenvalue weighted by Crippen LogP contribution is -2.36. The van der Waals surface area contributed by atoms with Crippen molar-refractivity contribution >= 4 is 6.29 Å². The van der Waals surface area contributed by atoms with Gasteiger partial charge in [0.1, 0.15) is 11.4 Å². The third-order valence-corrected chi connectivity index (χ3v) is 2.88. The van der Waals surface area contributed by atoms with Crippen molar-refractivity contribution in [2.24, 2.45) is 0 Å². The molecular formula is C13H9F5N2O2. The Balaban J connectivity index is 2.64. The maximum Gasteiger partial charge on any atom is 0.461 e. The molecule has 0 amide bonds. The number of ether oxygens (including phenoxy) is 1. The molecule has 0 fully saturated rings. The van der Waals surface area contributed by atoms with Gasteiger partial charge in [-0.3, -0.25) is 9.36 Å². The van der Waals surface area contributed by atoms with Crippen molar-refractivity contribution < 1.29 is 31.5 Å². The second-order valence-corrected chi connectivity index (χ2v) is 4.23. The zero-order chi connectivity index (χ0) is 16.5. The van der Waals surface area contributed by atoms with Crippen LogP contribution in [-0.4, -0.2) is 29.1 Å². The fraction of sp³-hybridized carbons (Fsp3) is 0.231. The first kappa shape index (κ1) is 15.9. The fourth-order valence-electron chi connectivity index (χ4n) is 1.80. The fourth-order valence-corrected chi connectivity index (χ4v) is 1.80. The summed E-state index contributed by atoms with van der Waals surface area (Å²) in [5, 5.41) is 0. The quantitative estimate of drug-likeness (QED) is 0.641. The third kappa shape index (κ3) is 2.53. The van der Waals surface area contributed by atoms with Crippen molar-refractivity contribution in [2.45, 2.75) is 12.1 Å². The molecule has 0 bridgehead atoms. The van der Waals surface area contributed by atoms with Crippen LogP contribution in [0.25, 0.3) is 5.69 Å². The van der Waals surface area contributed by atoms with Crippen LogP contribution in [0.1, 0.15) is 16.3 Å². The van der Waals surface area contributed by atoms with Gasteiger partial charge in [-0.2, -0.15) is 22.0 Å². The second-order valence-electron chi connectivity index (χ2n) is 4.23. The van der Waals surface area contributed by atoms with Gasteiger partial charge in [0.25, 0.3) is 0 Å². The number of carbonyl (C=O) groups excluding carboxylic acids is 1. The zero-order valence-electron chi connectivity index (χ0n) is 11.1. The summed E-state index contributed by atoms with van der Waals surface area (Å²) in [6.07, 6.45) is -5.03. The predicted octanol–water partition coefficient (Wildman–Crippen LogP) is 3.35. The molecule has 0 radical (unpaired) electrons. The minimum atomic E-state index is -5.83. The highest BCUT2D eigenvalue weighted by molar-refractivity contribution is 5.73. The highest BCUT2D eigenvalue weighted by atomic mass is 19.4. The Bertz CT molecular complexity index is 677. The number of benzene rings is 1. The van der Waals surface area contributed by atoms with E-state index >= 15 is 0 Å². The lowest BCUT2D eigenvalue weighted by molar-refractivity contribution is -0.293. The number of halogens is 5.